The van der Waals surface area contributed by atoms with Gasteiger partial charge in [-0.3, -0.25) is 9.59 Å². The third kappa shape index (κ3) is 5.25. The van der Waals surface area contributed by atoms with Crippen LogP contribution in [0.2, 0.25) is 0 Å². The van der Waals surface area contributed by atoms with Gasteiger partial charge in [0.2, 0.25) is 5.91 Å². The number of piperazine rings is 1. The van der Waals surface area contributed by atoms with Gasteiger partial charge >= 0.3 is 0 Å². The van der Waals surface area contributed by atoms with Crippen molar-refractivity contribution in [2.24, 2.45) is 0 Å². The van der Waals surface area contributed by atoms with E-state index >= 15 is 0 Å². The zero-order valence-corrected chi connectivity index (χ0v) is 14.3. The molecular weight excluding hydrogens is 312 g/mol. The van der Waals surface area contributed by atoms with Crippen molar-refractivity contribution in [1.29, 1.82) is 0 Å². The highest BCUT2D eigenvalue weighted by Gasteiger charge is 2.29. The summed E-state index contributed by atoms with van der Waals surface area (Å²) in [6, 6.07) is 10.0. The Kier molecular flexibility index (Phi) is 6.92. The first kappa shape index (κ1) is 17.8. The topological polar surface area (TPSA) is 60.9 Å². The van der Waals surface area contributed by atoms with Gasteiger partial charge in [-0.25, -0.2) is 0 Å². The summed E-state index contributed by atoms with van der Waals surface area (Å²) in [6.07, 6.45) is 2.19. The fraction of sp³-hybridized carbons (Fsp3) is 0.529. The first-order valence-corrected chi connectivity index (χ1v) is 9.28. The van der Waals surface area contributed by atoms with Gasteiger partial charge in [0.25, 0.3) is 5.91 Å². The van der Waals surface area contributed by atoms with Gasteiger partial charge in [0.15, 0.2) is 0 Å². The quantitative estimate of drug-likeness (QED) is 0.807. The Labute approximate surface area is 141 Å². The molecule has 0 saturated carbocycles. The molecule has 0 aromatic heterocycles. The molecule has 1 heterocycles. The van der Waals surface area contributed by atoms with Gasteiger partial charge in [0.05, 0.1) is 6.54 Å². The van der Waals surface area contributed by atoms with E-state index in [2.05, 4.69) is 0 Å². The van der Waals surface area contributed by atoms with Gasteiger partial charge in [-0.1, -0.05) is 30.3 Å². The Morgan fingerprint density at radius 1 is 1.30 bits per heavy atom. The molecule has 1 aliphatic rings. The monoisotopic (exact) mass is 336 g/mol. The molecule has 23 heavy (non-hydrogen) atoms. The zero-order chi connectivity index (χ0) is 16.7. The second-order valence-electron chi connectivity index (χ2n) is 5.67. The molecule has 1 unspecified atom stereocenters. The smallest absolute Gasteiger partial charge is 0.251 e. The van der Waals surface area contributed by atoms with E-state index in [1.54, 1.807) is 16.7 Å². The molecule has 0 aliphatic carbocycles. The minimum Gasteiger partial charge on any atom is -0.383 e. The van der Waals surface area contributed by atoms with Gasteiger partial charge in [-0.2, -0.15) is 11.8 Å². The first-order valence-electron chi connectivity index (χ1n) is 7.89. The minimum atomic E-state index is -0.994. The van der Waals surface area contributed by atoms with Crippen molar-refractivity contribution in [1.82, 2.24) is 9.80 Å². The molecule has 1 aliphatic heterocycles. The Balaban J connectivity index is 1.80. The third-order valence-electron chi connectivity index (χ3n) is 4.02. The van der Waals surface area contributed by atoms with Crippen LogP contribution in [0.25, 0.3) is 0 Å². The molecule has 1 saturated heterocycles. The number of carbonyl (C=O) groups is 2. The van der Waals surface area contributed by atoms with Crippen LogP contribution >= 0.6 is 11.8 Å². The van der Waals surface area contributed by atoms with E-state index < -0.39 is 6.10 Å². The molecule has 5 nitrogen and oxygen atoms in total. The number of amides is 2. The van der Waals surface area contributed by atoms with Crippen molar-refractivity contribution in [2.75, 3.05) is 38.2 Å². The fourth-order valence-electron chi connectivity index (χ4n) is 2.61. The zero-order valence-electron chi connectivity index (χ0n) is 13.5. The van der Waals surface area contributed by atoms with Gasteiger partial charge < -0.3 is 14.9 Å². The summed E-state index contributed by atoms with van der Waals surface area (Å²) in [4.78, 5) is 27.6. The summed E-state index contributed by atoms with van der Waals surface area (Å²) in [7, 11) is 0. The lowest BCUT2D eigenvalue weighted by Gasteiger charge is -2.35. The van der Waals surface area contributed by atoms with E-state index in [0.29, 0.717) is 26.1 Å². The fourth-order valence-corrected chi connectivity index (χ4v) is 3.06. The number of hydrogen-bond acceptors (Lipinski definition) is 4. The molecule has 6 heteroatoms. The number of nitrogens with zero attached hydrogens (tertiary/aromatic N) is 2. The average molecular weight is 336 g/mol. The number of hydrogen-bond donors (Lipinski definition) is 1. The molecule has 2 rings (SSSR count). The van der Waals surface area contributed by atoms with Crippen LogP contribution in [0.3, 0.4) is 0 Å². The molecule has 1 N–H and O–H groups in total. The van der Waals surface area contributed by atoms with Crippen LogP contribution in [0.5, 0.6) is 0 Å². The molecule has 2 amide bonds. The highest BCUT2D eigenvalue weighted by Crippen LogP contribution is 2.10. The number of aliphatic hydroxyl groups is 1. The Hall–Kier alpha value is -1.53. The van der Waals surface area contributed by atoms with E-state index in [9.17, 15) is 14.7 Å². The highest BCUT2D eigenvalue weighted by atomic mass is 32.2. The number of aliphatic hydroxyl groups excluding tert-OH is 1. The summed E-state index contributed by atoms with van der Waals surface area (Å²) in [5, 5.41) is 9.88. The van der Waals surface area contributed by atoms with E-state index in [4.69, 9.17) is 0 Å². The minimum absolute atomic E-state index is 0.0439. The van der Waals surface area contributed by atoms with Crippen molar-refractivity contribution in [3.05, 3.63) is 35.9 Å². The standard InChI is InChI=1S/C17H24N2O3S/c1-23-12-8-15(20)17(22)19-11-10-18(16(21)13-19)9-7-14-5-3-2-4-6-14/h2-6,15,20H,7-13H2,1H3. The SMILES string of the molecule is CSCCC(O)C(=O)N1CCN(CCc2ccccc2)C(=O)C1. The molecular formula is C17H24N2O3S. The lowest BCUT2D eigenvalue weighted by molar-refractivity contribution is -0.150. The second-order valence-corrected chi connectivity index (χ2v) is 6.66. The normalized spacial score (nSPS) is 16.5. The van der Waals surface area contributed by atoms with E-state index in [1.165, 1.54) is 10.5 Å². The van der Waals surface area contributed by atoms with Crippen LogP contribution in [-0.2, 0) is 16.0 Å². The molecule has 1 fully saturated rings. The molecule has 1 aromatic carbocycles. The predicted molar refractivity (Wildman–Crippen MR) is 92.3 cm³/mol. The van der Waals surface area contributed by atoms with E-state index in [0.717, 1.165) is 12.2 Å². The summed E-state index contributed by atoms with van der Waals surface area (Å²) in [6.45, 7) is 1.77. The van der Waals surface area contributed by atoms with Crippen molar-refractivity contribution >= 4 is 23.6 Å². The van der Waals surface area contributed by atoms with Crippen molar-refractivity contribution < 1.29 is 14.7 Å². The van der Waals surface area contributed by atoms with Crippen molar-refractivity contribution in [2.45, 2.75) is 18.9 Å². The maximum Gasteiger partial charge on any atom is 0.251 e. The molecule has 0 bridgehead atoms. The van der Waals surface area contributed by atoms with Crippen LogP contribution in [0.15, 0.2) is 30.3 Å². The van der Waals surface area contributed by atoms with Crippen LogP contribution < -0.4 is 0 Å². The molecule has 126 valence electrons. The maximum absolute atomic E-state index is 12.2. The van der Waals surface area contributed by atoms with Gasteiger partial charge in [-0.15, -0.1) is 0 Å². The largest absolute Gasteiger partial charge is 0.383 e. The van der Waals surface area contributed by atoms with E-state index in [-0.39, 0.29) is 18.4 Å². The first-order chi connectivity index (χ1) is 11.1. The highest BCUT2D eigenvalue weighted by molar-refractivity contribution is 7.98. The number of rotatable bonds is 7. The Morgan fingerprint density at radius 3 is 2.70 bits per heavy atom. The van der Waals surface area contributed by atoms with Gasteiger partial charge in [0.1, 0.15) is 6.10 Å². The molecule has 0 spiro atoms. The number of thioether (sulfide) groups is 1. The summed E-state index contributed by atoms with van der Waals surface area (Å²) < 4.78 is 0. The lowest BCUT2D eigenvalue weighted by atomic mass is 10.1. The van der Waals surface area contributed by atoms with Gasteiger partial charge in [0, 0.05) is 19.6 Å². The Morgan fingerprint density at radius 2 is 2.04 bits per heavy atom. The number of benzene rings is 1. The van der Waals surface area contributed by atoms with E-state index in [1.807, 2.05) is 36.6 Å². The predicted octanol–water partition coefficient (Wildman–Crippen LogP) is 1.01. The second kappa shape index (κ2) is 8.93. The van der Waals surface area contributed by atoms with Gasteiger partial charge in [-0.05, 0) is 30.4 Å². The number of carbonyl (C=O) groups excluding carboxylic acids is 2. The van der Waals surface area contributed by atoms with Crippen LogP contribution in [-0.4, -0.2) is 71.0 Å². The maximum atomic E-state index is 12.2. The summed E-state index contributed by atoms with van der Waals surface area (Å²) >= 11 is 1.59. The molecule has 1 aromatic rings. The molecule has 0 radical (unpaired) electrons. The summed E-state index contributed by atoms with van der Waals surface area (Å²) in [5.74, 6) is 0.366. The Bertz CT molecular complexity index is 524. The van der Waals surface area contributed by atoms with Crippen LogP contribution in [0.1, 0.15) is 12.0 Å². The average Bonchev–Trinajstić information content (AvgIpc) is 2.58. The van der Waals surface area contributed by atoms with Crippen molar-refractivity contribution in [3.63, 3.8) is 0 Å². The van der Waals surface area contributed by atoms with Crippen LogP contribution in [0, 0.1) is 0 Å². The van der Waals surface area contributed by atoms with Crippen molar-refractivity contribution in [3.8, 4) is 0 Å². The lowest BCUT2D eigenvalue weighted by Crippen LogP contribution is -2.54. The van der Waals surface area contributed by atoms with Crippen LogP contribution in [0.4, 0.5) is 0 Å². The molecule has 1 atom stereocenters. The summed E-state index contributed by atoms with van der Waals surface area (Å²) in [5.41, 5.74) is 1.20. The third-order valence-corrected chi connectivity index (χ3v) is 4.67.